The monoisotopic (exact) mass is 176 g/mol. The second kappa shape index (κ2) is 4.93. The minimum Gasteiger partial charge on any atom is -0.437 e. The van der Waals surface area contributed by atoms with E-state index in [1.165, 1.54) is 0 Å². The van der Waals surface area contributed by atoms with Gasteiger partial charge in [0.15, 0.2) is 0 Å². The van der Waals surface area contributed by atoms with Gasteiger partial charge in [0.25, 0.3) is 6.92 Å². The van der Waals surface area contributed by atoms with E-state index in [4.69, 9.17) is 4.65 Å². The van der Waals surface area contributed by atoms with Crippen LogP contribution in [-0.4, -0.2) is 21.9 Å². The van der Waals surface area contributed by atoms with Gasteiger partial charge in [-0.05, 0) is 25.6 Å². The highest BCUT2D eigenvalue weighted by Gasteiger charge is 2.18. The summed E-state index contributed by atoms with van der Waals surface area (Å²) in [5, 5.41) is 0. The van der Waals surface area contributed by atoms with Crippen LogP contribution in [0.15, 0.2) is 0 Å². The highest BCUT2D eigenvalue weighted by Crippen LogP contribution is 2.12. The Morgan fingerprint density at radius 1 is 1.36 bits per heavy atom. The molecule has 0 spiro atoms. The van der Waals surface area contributed by atoms with Crippen molar-refractivity contribution in [2.75, 3.05) is 6.61 Å². The van der Waals surface area contributed by atoms with Crippen LogP contribution in [0.1, 0.15) is 6.42 Å². The van der Waals surface area contributed by atoms with E-state index < -0.39 is 8.41 Å². The van der Waals surface area contributed by atoms with Crippen molar-refractivity contribution in [3.05, 3.63) is 0 Å². The van der Waals surface area contributed by atoms with Crippen LogP contribution in [0.4, 0.5) is 4.11 Å². The Morgan fingerprint density at radius 3 is 2.27 bits per heavy atom. The van der Waals surface area contributed by atoms with Gasteiger partial charge in [-0.25, -0.2) is 0 Å². The van der Waals surface area contributed by atoms with Gasteiger partial charge in [-0.15, -0.1) is 0 Å². The Labute approximate surface area is 70.6 Å². The summed E-state index contributed by atoms with van der Waals surface area (Å²) in [5.74, 6) is 0. The average molecular weight is 176 g/mol. The summed E-state index contributed by atoms with van der Waals surface area (Å²) in [6.45, 7) is 8.46. The van der Waals surface area contributed by atoms with Crippen molar-refractivity contribution >= 4 is 15.3 Å². The number of halogens is 1. The minimum absolute atomic E-state index is 0.277. The standard InChI is InChI=1S/C7H18BFOSi/c1-8(2)10-6-5-7-11(3,4)9/h5-7H2,1-4H3. The molecule has 0 aromatic carbocycles. The summed E-state index contributed by atoms with van der Waals surface area (Å²) < 4.78 is 18.3. The lowest BCUT2D eigenvalue weighted by Crippen LogP contribution is -2.19. The van der Waals surface area contributed by atoms with Crippen molar-refractivity contribution in [1.29, 1.82) is 0 Å². The van der Waals surface area contributed by atoms with E-state index >= 15 is 0 Å². The molecule has 0 unspecified atom stereocenters. The third-order valence-corrected chi connectivity index (χ3v) is 2.91. The molecule has 0 aliphatic heterocycles. The first-order valence-corrected chi connectivity index (χ1v) is 7.31. The highest BCUT2D eigenvalue weighted by atomic mass is 28.4. The third-order valence-electron chi connectivity index (χ3n) is 1.37. The second-order valence-electron chi connectivity index (χ2n) is 3.74. The first-order valence-electron chi connectivity index (χ1n) is 4.22. The fourth-order valence-electron chi connectivity index (χ4n) is 0.812. The van der Waals surface area contributed by atoms with Crippen LogP contribution in [0.3, 0.4) is 0 Å². The van der Waals surface area contributed by atoms with Crippen LogP contribution in [-0.2, 0) is 4.65 Å². The van der Waals surface area contributed by atoms with Crippen molar-refractivity contribution in [3.63, 3.8) is 0 Å². The van der Waals surface area contributed by atoms with E-state index in [-0.39, 0.29) is 6.92 Å². The average Bonchev–Trinajstić information content (AvgIpc) is 1.78. The first kappa shape index (κ1) is 11.2. The zero-order chi connectivity index (χ0) is 8.91. The molecule has 66 valence electrons. The fourth-order valence-corrected chi connectivity index (χ4v) is 1.80. The molecule has 0 heterocycles. The van der Waals surface area contributed by atoms with Crippen molar-refractivity contribution < 1.29 is 8.76 Å². The molecule has 0 N–H and O–H groups in total. The number of rotatable bonds is 5. The zero-order valence-corrected chi connectivity index (χ0v) is 8.98. The van der Waals surface area contributed by atoms with Gasteiger partial charge in [-0.2, -0.15) is 0 Å². The summed E-state index contributed by atoms with van der Waals surface area (Å²) in [4.78, 5) is 0. The molecule has 0 aromatic heterocycles. The summed E-state index contributed by atoms with van der Waals surface area (Å²) in [6, 6.07) is 0.722. The van der Waals surface area contributed by atoms with Crippen LogP contribution in [0.2, 0.25) is 32.8 Å². The molecule has 0 amide bonds. The lowest BCUT2D eigenvalue weighted by atomic mass is 9.75. The maximum Gasteiger partial charge on any atom is 0.286 e. The summed E-state index contributed by atoms with van der Waals surface area (Å²) in [6.07, 6.45) is 0.869. The summed E-state index contributed by atoms with van der Waals surface area (Å²) in [5.41, 5.74) is 0. The normalized spacial score (nSPS) is 11.7. The molecular weight excluding hydrogens is 158 g/mol. The van der Waals surface area contributed by atoms with Gasteiger partial charge in [0.05, 0.1) is 0 Å². The molecule has 0 saturated carbocycles. The molecule has 0 fully saturated rings. The molecule has 0 atom stereocenters. The molecule has 0 aromatic rings. The van der Waals surface area contributed by atoms with Crippen LogP contribution >= 0.6 is 0 Å². The van der Waals surface area contributed by atoms with Crippen molar-refractivity contribution in [2.24, 2.45) is 0 Å². The Balaban J connectivity index is 3.15. The molecule has 0 aliphatic rings. The number of hydrogen-bond acceptors (Lipinski definition) is 1. The van der Waals surface area contributed by atoms with E-state index in [1.54, 1.807) is 13.1 Å². The van der Waals surface area contributed by atoms with Gasteiger partial charge in [0, 0.05) is 6.61 Å². The maximum atomic E-state index is 13.0. The predicted molar refractivity (Wildman–Crippen MR) is 51.4 cm³/mol. The molecule has 1 nitrogen and oxygen atoms in total. The van der Waals surface area contributed by atoms with Gasteiger partial charge < -0.3 is 8.76 Å². The topological polar surface area (TPSA) is 9.23 Å². The van der Waals surface area contributed by atoms with Crippen molar-refractivity contribution in [1.82, 2.24) is 0 Å². The molecule has 0 bridgehead atoms. The van der Waals surface area contributed by atoms with E-state index in [9.17, 15) is 4.11 Å². The van der Waals surface area contributed by atoms with E-state index in [2.05, 4.69) is 0 Å². The highest BCUT2D eigenvalue weighted by molar-refractivity contribution is 6.70. The smallest absolute Gasteiger partial charge is 0.286 e. The lowest BCUT2D eigenvalue weighted by molar-refractivity contribution is 0.324. The van der Waals surface area contributed by atoms with Gasteiger partial charge in [0.2, 0.25) is 8.41 Å². The molecule has 0 radical (unpaired) electrons. The van der Waals surface area contributed by atoms with Gasteiger partial charge in [-0.1, -0.05) is 13.6 Å². The maximum absolute atomic E-state index is 13.0. The van der Waals surface area contributed by atoms with Crippen LogP contribution in [0.5, 0.6) is 0 Å². The van der Waals surface area contributed by atoms with Crippen molar-refractivity contribution in [2.45, 2.75) is 39.2 Å². The third kappa shape index (κ3) is 10.2. The molecular formula is C7H18BFOSi. The molecule has 4 heteroatoms. The Morgan fingerprint density at radius 2 is 1.91 bits per heavy atom. The predicted octanol–water partition coefficient (Wildman–Crippen LogP) is 2.82. The van der Waals surface area contributed by atoms with E-state index in [1.807, 2.05) is 13.6 Å². The van der Waals surface area contributed by atoms with Crippen LogP contribution < -0.4 is 0 Å². The Bertz CT molecular complexity index is 103. The summed E-state index contributed by atoms with van der Waals surface area (Å²) in [7, 11) is -2.31. The number of hydrogen-bond donors (Lipinski definition) is 0. The van der Waals surface area contributed by atoms with E-state index in [0.717, 1.165) is 12.5 Å². The summed E-state index contributed by atoms with van der Waals surface area (Å²) >= 11 is 0. The molecule has 11 heavy (non-hydrogen) atoms. The Kier molecular flexibility index (Phi) is 5.01. The van der Waals surface area contributed by atoms with Crippen molar-refractivity contribution in [3.8, 4) is 0 Å². The van der Waals surface area contributed by atoms with Crippen LogP contribution in [0.25, 0.3) is 0 Å². The zero-order valence-electron chi connectivity index (χ0n) is 7.98. The lowest BCUT2D eigenvalue weighted by Gasteiger charge is -2.11. The van der Waals surface area contributed by atoms with E-state index in [0.29, 0.717) is 6.61 Å². The van der Waals surface area contributed by atoms with Gasteiger partial charge in [-0.3, -0.25) is 0 Å². The molecule has 0 saturated heterocycles. The first-order chi connectivity index (χ1) is 4.92. The second-order valence-corrected chi connectivity index (χ2v) is 7.68. The van der Waals surface area contributed by atoms with Gasteiger partial charge >= 0.3 is 0 Å². The van der Waals surface area contributed by atoms with Crippen LogP contribution in [0, 0.1) is 0 Å². The Hall–Kier alpha value is 0.172. The largest absolute Gasteiger partial charge is 0.437 e. The molecule has 0 aliphatic carbocycles. The quantitative estimate of drug-likeness (QED) is 0.355. The minimum atomic E-state index is -2.31. The molecule has 0 rings (SSSR count). The SMILES string of the molecule is CB(C)OCCC[Si](C)(C)F. The fraction of sp³-hybridized carbons (Fsp3) is 1.00. The van der Waals surface area contributed by atoms with Gasteiger partial charge in [0.1, 0.15) is 0 Å².